The molecule has 0 aliphatic rings. The summed E-state index contributed by atoms with van der Waals surface area (Å²) in [5, 5.41) is 12.5. The topological polar surface area (TPSA) is 78.4 Å². The summed E-state index contributed by atoms with van der Waals surface area (Å²) in [6.45, 7) is 1.42. The highest BCUT2D eigenvalue weighted by molar-refractivity contribution is 7.88. The molecule has 0 heterocycles. The predicted molar refractivity (Wildman–Crippen MR) is 86.9 cm³/mol. The average molecular weight is 320 g/mol. The molecule has 0 unspecified atom stereocenters. The van der Waals surface area contributed by atoms with E-state index in [2.05, 4.69) is 10.0 Å². The molecule has 0 aliphatic heterocycles. The molecule has 5 nitrogen and oxygen atoms in total. The van der Waals surface area contributed by atoms with Crippen LogP contribution in [0.4, 0.5) is 0 Å². The van der Waals surface area contributed by atoms with E-state index in [9.17, 15) is 13.5 Å². The van der Waals surface area contributed by atoms with Crippen LogP contribution in [0.2, 0.25) is 0 Å². The highest BCUT2D eigenvalue weighted by atomic mass is 32.2. The molecular weight excluding hydrogens is 300 g/mol. The molecule has 3 N–H and O–H groups in total. The SMILES string of the molecule is O=S(=O)(Cc1ccccc1)NCCNCc1cccc(O)c1. The first-order chi connectivity index (χ1) is 10.6. The summed E-state index contributed by atoms with van der Waals surface area (Å²) in [5.74, 6) is 0.211. The largest absolute Gasteiger partial charge is 0.508 e. The van der Waals surface area contributed by atoms with Crippen LogP contribution in [-0.2, 0) is 22.3 Å². The van der Waals surface area contributed by atoms with Crippen molar-refractivity contribution in [2.75, 3.05) is 13.1 Å². The molecule has 6 heteroatoms. The number of benzene rings is 2. The molecule has 0 radical (unpaired) electrons. The van der Waals surface area contributed by atoms with Crippen LogP contribution < -0.4 is 10.0 Å². The first kappa shape index (κ1) is 16.5. The normalized spacial score (nSPS) is 11.5. The third-order valence-corrected chi connectivity index (χ3v) is 4.42. The quantitative estimate of drug-likeness (QED) is 0.646. The van der Waals surface area contributed by atoms with Crippen LogP contribution in [0.25, 0.3) is 0 Å². The van der Waals surface area contributed by atoms with Gasteiger partial charge < -0.3 is 10.4 Å². The maximum atomic E-state index is 11.9. The van der Waals surface area contributed by atoms with E-state index >= 15 is 0 Å². The lowest BCUT2D eigenvalue weighted by atomic mass is 10.2. The van der Waals surface area contributed by atoms with Crippen LogP contribution in [-0.4, -0.2) is 26.6 Å². The van der Waals surface area contributed by atoms with Gasteiger partial charge in [0.1, 0.15) is 5.75 Å². The monoisotopic (exact) mass is 320 g/mol. The highest BCUT2D eigenvalue weighted by Gasteiger charge is 2.10. The van der Waals surface area contributed by atoms with E-state index in [1.807, 2.05) is 24.3 Å². The Hall–Kier alpha value is -1.89. The van der Waals surface area contributed by atoms with Gasteiger partial charge in [-0.3, -0.25) is 0 Å². The Bertz CT molecular complexity index is 688. The van der Waals surface area contributed by atoms with Gasteiger partial charge in [0.15, 0.2) is 0 Å². The number of rotatable bonds is 8. The van der Waals surface area contributed by atoms with Gasteiger partial charge in [-0.1, -0.05) is 42.5 Å². The van der Waals surface area contributed by atoms with Gasteiger partial charge in [0.05, 0.1) is 5.75 Å². The lowest BCUT2D eigenvalue weighted by Crippen LogP contribution is -2.32. The lowest BCUT2D eigenvalue weighted by molar-refractivity contribution is 0.474. The minimum absolute atomic E-state index is 0.0135. The minimum atomic E-state index is -3.32. The van der Waals surface area contributed by atoms with Crippen molar-refractivity contribution in [3.63, 3.8) is 0 Å². The summed E-state index contributed by atoms with van der Waals surface area (Å²) < 4.78 is 26.4. The number of phenolic OH excluding ortho intramolecular Hbond substituents is 1. The molecule has 0 saturated heterocycles. The average Bonchev–Trinajstić information content (AvgIpc) is 2.47. The van der Waals surface area contributed by atoms with Crippen molar-refractivity contribution in [1.29, 1.82) is 0 Å². The Morgan fingerprint density at radius 1 is 0.909 bits per heavy atom. The zero-order valence-corrected chi connectivity index (χ0v) is 13.0. The molecule has 118 valence electrons. The van der Waals surface area contributed by atoms with Crippen LogP contribution in [0, 0.1) is 0 Å². The second-order valence-corrected chi connectivity index (χ2v) is 6.79. The highest BCUT2D eigenvalue weighted by Crippen LogP contribution is 2.10. The lowest BCUT2D eigenvalue weighted by Gasteiger charge is -2.08. The Balaban J connectivity index is 1.69. The maximum Gasteiger partial charge on any atom is 0.215 e. The minimum Gasteiger partial charge on any atom is -0.508 e. The van der Waals surface area contributed by atoms with E-state index in [0.29, 0.717) is 19.6 Å². The summed E-state index contributed by atoms with van der Waals surface area (Å²) in [4.78, 5) is 0. The molecule has 0 bridgehead atoms. The first-order valence-corrected chi connectivity index (χ1v) is 8.70. The van der Waals surface area contributed by atoms with Gasteiger partial charge in [-0.25, -0.2) is 13.1 Å². The molecule has 0 fully saturated rings. The zero-order valence-electron chi connectivity index (χ0n) is 12.2. The van der Waals surface area contributed by atoms with Gasteiger partial charge >= 0.3 is 0 Å². The molecule has 0 amide bonds. The van der Waals surface area contributed by atoms with Crippen molar-refractivity contribution in [1.82, 2.24) is 10.0 Å². The molecule has 0 saturated carbocycles. The van der Waals surface area contributed by atoms with Crippen LogP contribution in [0.5, 0.6) is 5.75 Å². The molecule has 22 heavy (non-hydrogen) atoms. The molecule has 2 aromatic carbocycles. The van der Waals surface area contributed by atoms with Crippen molar-refractivity contribution < 1.29 is 13.5 Å². The molecule has 0 aromatic heterocycles. The fourth-order valence-corrected chi connectivity index (χ4v) is 3.19. The van der Waals surface area contributed by atoms with Gasteiger partial charge in [0, 0.05) is 19.6 Å². The van der Waals surface area contributed by atoms with E-state index in [0.717, 1.165) is 11.1 Å². The van der Waals surface area contributed by atoms with Crippen LogP contribution >= 0.6 is 0 Å². The molecule has 0 atom stereocenters. The number of nitrogens with one attached hydrogen (secondary N) is 2. The van der Waals surface area contributed by atoms with Crippen molar-refractivity contribution in [3.8, 4) is 5.75 Å². The van der Waals surface area contributed by atoms with Gasteiger partial charge in [-0.05, 0) is 23.3 Å². The third-order valence-electron chi connectivity index (χ3n) is 3.06. The Morgan fingerprint density at radius 2 is 1.64 bits per heavy atom. The molecule has 2 aromatic rings. The maximum absolute atomic E-state index is 11.9. The number of hydrogen-bond donors (Lipinski definition) is 3. The smallest absolute Gasteiger partial charge is 0.215 e. The fraction of sp³-hybridized carbons (Fsp3) is 0.250. The molecule has 0 aliphatic carbocycles. The number of phenols is 1. The van der Waals surface area contributed by atoms with Gasteiger partial charge in [0.2, 0.25) is 10.0 Å². The van der Waals surface area contributed by atoms with E-state index in [-0.39, 0.29) is 11.5 Å². The van der Waals surface area contributed by atoms with Crippen molar-refractivity contribution in [2.24, 2.45) is 0 Å². The molecule has 0 spiro atoms. The van der Waals surface area contributed by atoms with Crippen LogP contribution in [0.1, 0.15) is 11.1 Å². The summed E-state index contributed by atoms with van der Waals surface area (Å²) in [6.07, 6.45) is 0. The Kier molecular flexibility index (Phi) is 5.94. The molecular formula is C16H20N2O3S. The number of hydrogen-bond acceptors (Lipinski definition) is 4. The zero-order chi connectivity index (χ0) is 15.8. The van der Waals surface area contributed by atoms with E-state index < -0.39 is 10.0 Å². The second kappa shape index (κ2) is 7.93. The standard InChI is InChI=1S/C16H20N2O3S/c19-16-8-4-7-15(11-16)12-17-9-10-18-22(20,21)13-14-5-2-1-3-6-14/h1-8,11,17-19H,9-10,12-13H2. The summed E-state index contributed by atoms with van der Waals surface area (Å²) in [5.41, 5.74) is 1.72. The van der Waals surface area contributed by atoms with Crippen molar-refractivity contribution >= 4 is 10.0 Å². The van der Waals surface area contributed by atoms with Crippen LogP contribution in [0.15, 0.2) is 54.6 Å². The fourth-order valence-electron chi connectivity index (χ4n) is 2.04. The van der Waals surface area contributed by atoms with Crippen molar-refractivity contribution in [3.05, 3.63) is 65.7 Å². The van der Waals surface area contributed by atoms with Gasteiger partial charge in [-0.15, -0.1) is 0 Å². The Morgan fingerprint density at radius 3 is 2.36 bits per heavy atom. The first-order valence-electron chi connectivity index (χ1n) is 7.05. The summed E-state index contributed by atoms with van der Waals surface area (Å²) in [6, 6.07) is 16.0. The predicted octanol–water partition coefficient (Wildman–Crippen LogP) is 1.60. The number of aromatic hydroxyl groups is 1. The van der Waals surface area contributed by atoms with Gasteiger partial charge in [-0.2, -0.15) is 0 Å². The van der Waals surface area contributed by atoms with E-state index in [1.165, 1.54) is 0 Å². The van der Waals surface area contributed by atoms with E-state index in [4.69, 9.17) is 0 Å². The van der Waals surface area contributed by atoms with Gasteiger partial charge in [0.25, 0.3) is 0 Å². The summed E-state index contributed by atoms with van der Waals surface area (Å²) in [7, 11) is -3.32. The third kappa shape index (κ3) is 5.85. The van der Waals surface area contributed by atoms with Crippen LogP contribution in [0.3, 0.4) is 0 Å². The second-order valence-electron chi connectivity index (χ2n) is 4.99. The number of sulfonamides is 1. The van der Waals surface area contributed by atoms with E-state index in [1.54, 1.807) is 30.3 Å². The van der Waals surface area contributed by atoms with Crippen molar-refractivity contribution in [2.45, 2.75) is 12.3 Å². The summed E-state index contributed by atoms with van der Waals surface area (Å²) >= 11 is 0. The molecule has 2 rings (SSSR count). The Labute approximate surface area is 131 Å².